The van der Waals surface area contributed by atoms with Gasteiger partial charge in [0.2, 0.25) is 0 Å². The number of hydrogen-bond donors (Lipinski definition) is 0. The van der Waals surface area contributed by atoms with Crippen LogP contribution in [-0.4, -0.2) is 19.3 Å². The third kappa shape index (κ3) is 2.92. The number of halogens is 2. The highest BCUT2D eigenvalue weighted by Crippen LogP contribution is 2.38. The Hall–Kier alpha value is -0.760. The predicted octanol–water partition coefficient (Wildman–Crippen LogP) is 4.18. The highest BCUT2D eigenvalue weighted by atomic mass is 79.9. The van der Waals surface area contributed by atoms with Crippen molar-refractivity contribution in [2.75, 3.05) is 6.54 Å². The molecule has 0 saturated carbocycles. The zero-order valence-electron chi connectivity index (χ0n) is 11.0. The Labute approximate surface area is 135 Å². The fraction of sp³-hybridized carbons (Fsp3) is 0.286. The van der Waals surface area contributed by atoms with E-state index in [2.05, 4.69) is 15.9 Å². The van der Waals surface area contributed by atoms with Gasteiger partial charge < -0.3 is 0 Å². The highest BCUT2D eigenvalue weighted by molar-refractivity contribution is 9.11. The minimum Gasteiger partial charge on any atom is -0.207 e. The summed E-state index contributed by atoms with van der Waals surface area (Å²) in [7, 11) is -3.53. The van der Waals surface area contributed by atoms with Gasteiger partial charge in [0.1, 0.15) is 10.0 Å². The quantitative estimate of drug-likeness (QED) is 0.789. The Morgan fingerprint density at radius 1 is 1.29 bits per heavy atom. The van der Waals surface area contributed by atoms with E-state index in [1.165, 1.54) is 27.8 Å². The summed E-state index contributed by atoms with van der Waals surface area (Å²) in [6, 6.07) is 9.24. The second kappa shape index (κ2) is 5.79. The van der Waals surface area contributed by atoms with Gasteiger partial charge in [-0.2, -0.15) is 4.31 Å². The molecule has 0 aliphatic carbocycles. The first-order valence-corrected chi connectivity index (χ1v) is 9.56. The molecular formula is C14H13BrFNO2S2. The van der Waals surface area contributed by atoms with Gasteiger partial charge in [-0.1, -0.05) is 12.1 Å². The normalized spacial score (nSPS) is 20.0. The number of benzene rings is 1. The molecule has 21 heavy (non-hydrogen) atoms. The highest BCUT2D eigenvalue weighted by Gasteiger charge is 2.37. The van der Waals surface area contributed by atoms with Crippen LogP contribution in [0.2, 0.25) is 0 Å². The molecule has 1 saturated heterocycles. The summed E-state index contributed by atoms with van der Waals surface area (Å²) in [6.07, 6.45) is 1.50. The molecule has 3 rings (SSSR count). The molecule has 1 aromatic heterocycles. The monoisotopic (exact) mass is 389 g/mol. The van der Waals surface area contributed by atoms with E-state index in [0.717, 1.165) is 16.6 Å². The molecule has 1 aliphatic heterocycles. The first-order chi connectivity index (χ1) is 9.98. The van der Waals surface area contributed by atoms with Crippen LogP contribution in [0.15, 0.2) is 44.4 Å². The standard InChI is InChI=1S/C14H13BrFNO2S2/c15-13-6-7-14(20-13)21(18,19)17-8-2-5-12(17)10-3-1-4-11(16)9-10/h1,3-4,6-7,9,12H,2,5,8H2/t12-/m0/s1. The first kappa shape index (κ1) is 15.1. The molecule has 0 radical (unpaired) electrons. The molecule has 0 spiro atoms. The maximum atomic E-state index is 13.4. The van der Waals surface area contributed by atoms with Crippen molar-refractivity contribution < 1.29 is 12.8 Å². The summed E-state index contributed by atoms with van der Waals surface area (Å²) in [4.78, 5) is 0. The van der Waals surface area contributed by atoms with Crippen molar-refractivity contribution in [1.29, 1.82) is 0 Å². The van der Waals surface area contributed by atoms with Crippen molar-refractivity contribution in [3.8, 4) is 0 Å². The maximum Gasteiger partial charge on any atom is 0.253 e. The van der Waals surface area contributed by atoms with E-state index in [-0.39, 0.29) is 11.9 Å². The van der Waals surface area contributed by atoms with Crippen molar-refractivity contribution in [1.82, 2.24) is 4.31 Å². The lowest BCUT2D eigenvalue weighted by Gasteiger charge is -2.23. The van der Waals surface area contributed by atoms with Gasteiger partial charge in [0.05, 0.1) is 9.83 Å². The summed E-state index contributed by atoms with van der Waals surface area (Å²) < 4.78 is 41.5. The van der Waals surface area contributed by atoms with Crippen molar-refractivity contribution in [2.24, 2.45) is 0 Å². The fourth-order valence-electron chi connectivity index (χ4n) is 2.63. The molecule has 2 aromatic rings. The molecule has 7 heteroatoms. The maximum absolute atomic E-state index is 13.4. The average Bonchev–Trinajstić information content (AvgIpc) is 3.07. The van der Waals surface area contributed by atoms with Crippen LogP contribution in [0.1, 0.15) is 24.4 Å². The van der Waals surface area contributed by atoms with Gasteiger partial charge in [0, 0.05) is 6.54 Å². The largest absolute Gasteiger partial charge is 0.253 e. The summed E-state index contributed by atoms with van der Waals surface area (Å²) in [5, 5.41) is 0. The molecule has 0 N–H and O–H groups in total. The van der Waals surface area contributed by atoms with Crippen molar-refractivity contribution >= 4 is 37.3 Å². The van der Waals surface area contributed by atoms with Crippen LogP contribution in [0.3, 0.4) is 0 Å². The van der Waals surface area contributed by atoms with Crippen molar-refractivity contribution in [3.05, 3.63) is 51.6 Å². The lowest BCUT2D eigenvalue weighted by Crippen LogP contribution is -2.30. The minimum absolute atomic E-state index is 0.286. The van der Waals surface area contributed by atoms with Crippen LogP contribution in [-0.2, 0) is 10.0 Å². The van der Waals surface area contributed by atoms with E-state index in [1.54, 1.807) is 24.3 Å². The molecule has 1 aromatic carbocycles. The molecule has 0 amide bonds. The SMILES string of the molecule is O=S(=O)(c1ccc(Br)s1)N1CCC[C@H]1c1cccc(F)c1. The number of nitrogens with zero attached hydrogens (tertiary/aromatic N) is 1. The lowest BCUT2D eigenvalue weighted by atomic mass is 10.1. The van der Waals surface area contributed by atoms with Crippen LogP contribution >= 0.6 is 27.3 Å². The Morgan fingerprint density at radius 2 is 2.10 bits per heavy atom. The van der Waals surface area contributed by atoms with E-state index < -0.39 is 10.0 Å². The van der Waals surface area contributed by atoms with Gasteiger partial charge in [0.25, 0.3) is 10.0 Å². The molecule has 0 bridgehead atoms. The fourth-order valence-corrected chi connectivity index (χ4v) is 6.45. The number of thiophene rings is 1. The van der Waals surface area contributed by atoms with Crippen LogP contribution in [0.5, 0.6) is 0 Å². The van der Waals surface area contributed by atoms with Crippen LogP contribution in [0.25, 0.3) is 0 Å². The summed E-state index contributed by atoms with van der Waals surface area (Å²) in [5.41, 5.74) is 0.715. The first-order valence-electron chi connectivity index (χ1n) is 6.51. The number of sulfonamides is 1. The van der Waals surface area contributed by atoms with E-state index in [0.29, 0.717) is 16.3 Å². The molecule has 1 atom stereocenters. The predicted molar refractivity (Wildman–Crippen MR) is 84.3 cm³/mol. The third-order valence-corrected chi connectivity index (χ3v) is 7.55. The lowest BCUT2D eigenvalue weighted by molar-refractivity contribution is 0.396. The smallest absolute Gasteiger partial charge is 0.207 e. The Kier molecular flexibility index (Phi) is 4.18. The van der Waals surface area contributed by atoms with Gasteiger partial charge >= 0.3 is 0 Å². The van der Waals surface area contributed by atoms with Gasteiger partial charge in [0.15, 0.2) is 0 Å². The molecule has 2 heterocycles. The Morgan fingerprint density at radius 3 is 2.76 bits per heavy atom. The molecular weight excluding hydrogens is 377 g/mol. The van der Waals surface area contributed by atoms with Gasteiger partial charge in [-0.05, 0) is 58.6 Å². The number of rotatable bonds is 3. The minimum atomic E-state index is -3.53. The van der Waals surface area contributed by atoms with E-state index in [4.69, 9.17) is 0 Å². The van der Waals surface area contributed by atoms with Gasteiger partial charge in [-0.3, -0.25) is 0 Å². The van der Waals surface area contributed by atoms with E-state index in [1.807, 2.05) is 0 Å². The van der Waals surface area contributed by atoms with Crippen LogP contribution in [0.4, 0.5) is 4.39 Å². The second-order valence-corrected chi connectivity index (χ2v) is 9.47. The van der Waals surface area contributed by atoms with E-state index >= 15 is 0 Å². The summed E-state index contributed by atoms with van der Waals surface area (Å²) in [6.45, 7) is 0.471. The van der Waals surface area contributed by atoms with Crippen LogP contribution < -0.4 is 0 Å². The van der Waals surface area contributed by atoms with Crippen molar-refractivity contribution in [2.45, 2.75) is 23.1 Å². The zero-order valence-corrected chi connectivity index (χ0v) is 14.2. The molecule has 3 nitrogen and oxygen atoms in total. The zero-order chi connectivity index (χ0) is 15.0. The topological polar surface area (TPSA) is 37.4 Å². The van der Waals surface area contributed by atoms with Gasteiger partial charge in [-0.15, -0.1) is 11.3 Å². The summed E-state index contributed by atoms with van der Waals surface area (Å²) in [5.74, 6) is -0.337. The number of hydrogen-bond acceptors (Lipinski definition) is 3. The summed E-state index contributed by atoms with van der Waals surface area (Å²) >= 11 is 4.48. The average molecular weight is 390 g/mol. The molecule has 112 valence electrons. The van der Waals surface area contributed by atoms with Gasteiger partial charge in [-0.25, -0.2) is 12.8 Å². The third-order valence-electron chi connectivity index (χ3n) is 3.55. The Balaban J connectivity index is 1.97. The van der Waals surface area contributed by atoms with Crippen LogP contribution in [0, 0.1) is 5.82 Å². The Bertz CT molecular complexity index is 760. The molecule has 1 aliphatic rings. The molecule has 1 fully saturated rings. The second-order valence-electron chi connectivity index (χ2n) is 4.89. The van der Waals surface area contributed by atoms with E-state index in [9.17, 15) is 12.8 Å². The molecule has 0 unspecified atom stereocenters. The van der Waals surface area contributed by atoms with Crippen molar-refractivity contribution in [3.63, 3.8) is 0 Å².